The lowest BCUT2D eigenvalue weighted by Gasteiger charge is -2.35. The number of thiazole rings is 1. The quantitative estimate of drug-likeness (QED) is 0.533. The van der Waals surface area contributed by atoms with Crippen LogP contribution in [0, 0.1) is 5.41 Å². The van der Waals surface area contributed by atoms with Gasteiger partial charge in [0.15, 0.2) is 10.6 Å². The molecule has 0 saturated carbocycles. The fourth-order valence-corrected chi connectivity index (χ4v) is 5.69. The van der Waals surface area contributed by atoms with Crippen molar-refractivity contribution in [2.45, 2.75) is 32.7 Å². The minimum atomic E-state index is -0.428. The average Bonchev–Trinajstić information content (AvgIpc) is 3.03. The minimum Gasteiger partial charge on any atom is -0.294 e. The maximum Gasteiger partial charge on any atom is 0.271 e. The molecule has 2 aliphatic rings. The zero-order valence-electron chi connectivity index (χ0n) is 17.3. The van der Waals surface area contributed by atoms with Gasteiger partial charge in [0.25, 0.3) is 5.56 Å². The Labute approximate surface area is 192 Å². The van der Waals surface area contributed by atoms with Crippen LogP contribution >= 0.6 is 27.3 Å². The van der Waals surface area contributed by atoms with E-state index in [1.54, 1.807) is 4.57 Å². The molecule has 1 aliphatic heterocycles. The summed E-state index contributed by atoms with van der Waals surface area (Å²) >= 11 is 4.83. The van der Waals surface area contributed by atoms with Gasteiger partial charge in [-0.15, -0.1) is 0 Å². The SMILES string of the molecule is CC1(C)CC(=O)C2=C(C1)N=c1sc(=Cc3ccc(Br)cc3)c(=O)n1C2c1ccccc1. The predicted octanol–water partition coefficient (Wildman–Crippen LogP) is 4.37. The number of hydrogen-bond acceptors (Lipinski definition) is 4. The number of carbonyl (C=O) groups excluding carboxylic acids is 1. The van der Waals surface area contributed by atoms with E-state index in [4.69, 9.17) is 4.99 Å². The summed E-state index contributed by atoms with van der Waals surface area (Å²) < 4.78 is 3.32. The first-order valence-corrected chi connectivity index (χ1v) is 11.8. The highest BCUT2D eigenvalue weighted by Gasteiger charge is 2.40. The first-order chi connectivity index (χ1) is 14.8. The van der Waals surface area contributed by atoms with Crippen LogP contribution in [0.2, 0.25) is 0 Å². The van der Waals surface area contributed by atoms with Gasteiger partial charge in [-0.1, -0.05) is 83.6 Å². The monoisotopic (exact) mass is 492 g/mol. The lowest BCUT2D eigenvalue weighted by atomic mass is 9.73. The van der Waals surface area contributed by atoms with E-state index in [1.807, 2.05) is 60.7 Å². The van der Waals surface area contributed by atoms with E-state index in [2.05, 4.69) is 29.8 Å². The summed E-state index contributed by atoms with van der Waals surface area (Å²) in [6.45, 7) is 4.20. The van der Waals surface area contributed by atoms with Crippen molar-refractivity contribution in [1.29, 1.82) is 0 Å². The van der Waals surface area contributed by atoms with Crippen LogP contribution in [0.3, 0.4) is 0 Å². The second-order valence-electron chi connectivity index (χ2n) is 8.85. The Hall–Kier alpha value is -2.57. The number of halogens is 1. The highest BCUT2D eigenvalue weighted by Crippen LogP contribution is 2.43. The molecule has 1 unspecified atom stereocenters. The van der Waals surface area contributed by atoms with Gasteiger partial charge < -0.3 is 0 Å². The summed E-state index contributed by atoms with van der Waals surface area (Å²) in [5.74, 6) is 0.0889. The normalized spacial score (nSPS) is 20.3. The van der Waals surface area contributed by atoms with Gasteiger partial charge in [0.05, 0.1) is 16.3 Å². The minimum absolute atomic E-state index is 0.0889. The predicted molar refractivity (Wildman–Crippen MR) is 127 cm³/mol. The summed E-state index contributed by atoms with van der Waals surface area (Å²) in [4.78, 5) is 32.3. The van der Waals surface area contributed by atoms with E-state index < -0.39 is 6.04 Å². The van der Waals surface area contributed by atoms with Gasteiger partial charge >= 0.3 is 0 Å². The van der Waals surface area contributed by atoms with Gasteiger partial charge in [-0.25, -0.2) is 4.99 Å². The molecule has 0 spiro atoms. The molecule has 4 nitrogen and oxygen atoms in total. The number of Topliss-reactive ketones (excluding diaryl/α,β-unsaturated/α-hetero) is 1. The van der Waals surface area contributed by atoms with Gasteiger partial charge in [0.1, 0.15) is 0 Å². The van der Waals surface area contributed by atoms with Crippen molar-refractivity contribution < 1.29 is 4.79 Å². The molecule has 0 fully saturated rings. The van der Waals surface area contributed by atoms with Crippen LogP contribution < -0.4 is 14.9 Å². The van der Waals surface area contributed by atoms with Crippen LogP contribution in [0.25, 0.3) is 6.08 Å². The number of nitrogens with zero attached hydrogens (tertiary/aromatic N) is 2. The number of rotatable bonds is 2. The molecule has 2 aromatic carbocycles. The van der Waals surface area contributed by atoms with Gasteiger partial charge in [-0.3, -0.25) is 14.2 Å². The van der Waals surface area contributed by atoms with Crippen molar-refractivity contribution in [2.75, 3.05) is 0 Å². The molecule has 1 atom stereocenters. The van der Waals surface area contributed by atoms with Crippen LogP contribution in [0.5, 0.6) is 0 Å². The molecular weight excluding hydrogens is 472 g/mol. The van der Waals surface area contributed by atoms with Crippen molar-refractivity contribution in [1.82, 2.24) is 4.57 Å². The van der Waals surface area contributed by atoms with Crippen LogP contribution in [-0.2, 0) is 4.79 Å². The number of aromatic nitrogens is 1. The molecule has 1 aliphatic carbocycles. The Kier molecular flexibility index (Phi) is 4.94. The number of ketones is 1. The highest BCUT2D eigenvalue weighted by atomic mass is 79.9. The van der Waals surface area contributed by atoms with Crippen molar-refractivity contribution in [3.05, 3.63) is 101 Å². The Morgan fingerprint density at radius 3 is 2.48 bits per heavy atom. The molecular formula is C25H21BrN2O2S. The summed E-state index contributed by atoms with van der Waals surface area (Å²) in [5, 5.41) is 0. The Balaban J connectivity index is 1.76. The smallest absolute Gasteiger partial charge is 0.271 e. The van der Waals surface area contributed by atoms with Crippen LogP contribution in [0.4, 0.5) is 0 Å². The van der Waals surface area contributed by atoms with Gasteiger partial charge in [0.2, 0.25) is 0 Å². The number of hydrogen-bond donors (Lipinski definition) is 0. The standard InChI is InChI=1S/C25H21BrN2O2S/c1-25(2)13-18-21(19(29)14-25)22(16-6-4-3-5-7-16)28-23(30)20(31-24(28)27-18)12-15-8-10-17(26)11-9-15/h3-12,22H,13-14H2,1-2H3. The fraction of sp³-hybridized carbons (Fsp3) is 0.240. The third kappa shape index (κ3) is 3.68. The molecule has 6 heteroatoms. The van der Waals surface area contributed by atoms with Crippen molar-refractivity contribution in [3.63, 3.8) is 0 Å². The molecule has 1 aromatic heterocycles. The molecule has 156 valence electrons. The van der Waals surface area contributed by atoms with Crippen LogP contribution in [0.15, 0.2) is 80.1 Å². The second-order valence-corrected chi connectivity index (χ2v) is 10.8. The molecule has 0 bridgehead atoms. The average molecular weight is 493 g/mol. The third-order valence-electron chi connectivity index (χ3n) is 5.78. The maximum absolute atomic E-state index is 13.5. The molecule has 0 amide bonds. The van der Waals surface area contributed by atoms with Gasteiger partial charge in [-0.2, -0.15) is 0 Å². The van der Waals surface area contributed by atoms with E-state index >= 15 is 0 Å². The van der Waals surface area contributed by atoms with Gasteiger partial charge in [-0.05, 0) is 41.2 Å². The highest BCUT2D eigenvalue weighted by molar-refractivity contribution is 9.10. The van der Waals surface area contributed by atoms with Crippen LogP contribution in [0.1, 0.15) is 43.9 Å². The molecule has 31 heavy (non-hydrogen) atoms. The number of fused-ring (bicyclic) bond motifs is 1. The summed E-state index contributed by atoms with van der Waals surface area (Å²) in [6, 6.07) is 17.2. The number of carbonyl (C=O) groups is 1. The molecule has 5 rings (SSSR count). The van der Waals surface area contributed by atoms with Gasteiger partial charge in [0, 0.05) is 16.5 Å². The summed E-state index contributed by atoms with van der Waals surface area (Å²) in [7, 11) is 0. The summed E-state index contributed by atoms with van der Waals surface area (Å²) in [6.07, 6.45) is 3.10. The van der Waals surface area contributed by atoms with E-state index in [0.29, 0.717) is 21.3 Å². The largest absolute Gasteiger partial charge is 0.294 e. The molecule has 0 saturated heterocycles. The third-order valence-corrected chi connectivity index (χ3v) is 7.29. The Morgan fingerprint density at radius 2 is 1.77 bits per heavy atom. The molecule has 0 N–H and O–H groups in total. The number of allylic oxidation sites excluding steroid dienone is 2. The van der Waals surface area contributed by atoms with E-state index in [9.17, 15) is 9.59 Å². The Morgan fingerprint density at radius 1 is 1.06 bits per heavy atom. The second kappa shape index (κ2) is 7.53. The van der Waals surface area contributed by atoms with E-state index in [1.165, 1.54) is 11.3 Å². The first-order valence-electron chi connectivity index (χ1n) is 10.2. The van der Waals surface area contributed by atoms with Crippen molar-refractivity contribution >= 4 is 39.1 Å². The first kappa shape index (κ1) is 20.3. The van der Waals surface area contributed by atoms with Crippen LogP contribution in [-0.4, -0.2) is 10.4 Å². The van der Waals surface area contributed by atoms with E-state index in [-0.39, 0.29) is 16.8 Å². The molecule has 3 aromatic rings. The van der Waals surface area contributed by atoms with Crippen molar-refractivity contribution in [2.24, 2.45) is 10.4 Å². The zero-order valence-corrected chi connectivity index (χ0v) is 19.7. The van der Waals surface area contributed by atoms with E-state index in [0.717, 1.165) is 27.7 Å². The van der Waals surface area contributed by atoms with Crippen molar-refractivity contribution in [3.8, 4) is 0 Å². The molecule has 2 heterocycles. The fourth-order valence-electron chi connectivity index (χ4n) is 4.41. The molecule has 0 radical (unpaired) electrons. The maximum atomic E-state index is 13.5. The number of benzene rings is 2. The lowest BCUT2D eigenvalue weighted by Crippen LogP contribution is -2.42. The topological polar surface area (TPSA) is 51.4 Å². The zero-order chi connectivity index (χ0) is 21.8. The Bertz CT molecular complexity index is 1400. The lowest BCUT2D eigenvalue weighted by molar-refractivity contribution is -0.118. The summed E-state index contributed by atoms with van der Waals surface area (Å²) in [5.41, 5.74) is 3.15.